The van der Waals surface area contributed by atoms with Crippen molar-refractivity contribution >= 4 is 11.6 Å². The van der Waals surface area contributed by atoms with Crippen molar-refractivity contribution in [2.24, 2.45) is 11.7 Å². The number of aliphatic hydroxyl groups excluding tert-OH is 1. The van der Waals surface area contributed by atoms with Crippen molar-refractivity contribution in [1.82, 2.24) is 0 Å². The maximum Gasteiger partial charge on any atom is 0.241 e. The first-order valence-corrected chi connectivity index (χ1v) is 5.84. The minimum atomic E-state index is -0.488. The van der Waals surface area contributed by atoms with Crippen LogP contribution in [0.3, 0.4) is 0 Å². The number of carbonyl (C=O) groups is 1. The molecule has 0 radical (unpaired) electrons. The minimum Gasteiger partial charge on any atom is -0.392 e. The van der Waals surface area contributed by atoms with E-state index in [0.717, 1.165) is 12.0 Å². The number of nitrogens with two attached hydrogens (primary N) is 1. The summed E-state index contributed by atoms with van der Waals surface area (Å²) in [6.45, 7) is 3.97. The SMILES string of the molecule is CCC(C)[C@H](N)C(=O)Nc1ccc(CO)cc1. The van der Waals surface area contributed by atoms with Gasteiger partial charge in [0, 0.05) is 5.69 Å². The molecule has 0 aliphatic rings. The smallest absolute Gasteiger partial charge is 0.241 e. The Morgan fingerprint density at radius 1 is 1.41 bits per heavy atom. The van der Waals surface area contributed by atoms with E-state index in [9.17, 15) is 4.79 Å². The van der Waals surface area contributed by atoms with Crippen molar-refractivity contribution in [3.63, 3.8) is 0 Å². The van der Waals surface area contributed by atoms with Crippen LogP contribution < -0.4 is 11.1 Å². The van der Waals surface area contributed by atoms with Crippen LogP contribution in [0.15, 0.2) is 24.3 Å². The standard InChI is InChI=1S/C13H20N2O2/c1-3-9(2)12(14)13(17)15-11-6-4-10(8-16)5-7-11/h4-7,9,12,16H,3,8,14H2,1-2H3,(H,15,17)/t9?,12-/m0/s1. The van der Waals surface area contributed by atoms with E-state index in [2.05, 4.69) is 5.32 Å². The first kappa shape index (κ1) is 13.7. The van der Waals surface area contributed by atoms with E-state index in [0.29, 0.717) is 5.69 Å². The molecule has 4 N–H and O–H groups in total. The maximum atomic E-state index is 11.8. The van der Waals surface area contributed by atoms with Crippen LogP contribution in [0.1, 0.15) is 25.8 Å². The Balaban J connectivity index is 2.61. The van der Waals surface area contributed by atoms with E-state index in [1.165, 1.54) is 0 Å². The zero-order valence-corrected chi connectivity index (χ0v) is 10.3. The van der Waals surface area contributed by atoms with Gasteiger partial charge in [-0.05, 0) is 23.6 Å². The highest BCUT2D eigenvalue weighted by atomic mass is 16.3. The minimum absolute atomic E-state index is 0.000604. The summed E-state index contributed by atoms with van der Waals surface area (Å²) >= 11 is 0. The van der Waals surface area contributed by atoms with Gasteiger partial charge >= 0.3 is 0 Å². The van der Waals surface area contributed by atoms with Crippen LogP contribution in [0.2, 0.25) is 0 Å². The molecular weight excluding hydrogens is 216 g/mol. The lowest BCUT2D eigenvalue weighted by atomic mass is 9.99. The number of carbonyl (C=O) groups excluding carboxylic acids is 1. The fraction of sp³-hybridized carbons (Fsp3) is 0.462. The van der Waals surface area contributed by atoms with Crippen LogP contribution in [-0.4, -0.2) is 17.1 Å². The molecule has 1 unspecified atom stereocenters. The molecule has 4 nitrogen and oxygen atoms in total. The number of amides is 1. The van der Waals surface area contributed by atoms with E-state index < -0.39 is 6.04 Å². The Hall–Kier alpha value is -1.39. The van der Waals surface area contributed by atoms with Gasteiger partial charge in [-0.3, -0.25) is 4.79 Å². The Labute approximate surface area is 102 Å². The van der Waals surface area contributed by atoms with Crippen molar-refractivity contribution in [2.45, 2.75) is 32.9 Å². The number of rotatable bonds is 5. The van der Waals surface area contributed by atoms with Gasteiger partial charge < -0.3 is 16.2 Å². The summed E-state index contributed by atoms with van der Waals surface area (Å²) in [5, 5.41) is 11.7. The van der Waals surface area contributed by atoms with Crippen LogP contribution in [0.25, 0.3) is 0 Å². The second-order valence-corrected chi connectivity index (χ2v) is 4.26. The molecule has 0 aliphatic carbocycles. The number of hydrogen-bond donors (Lipinski definition) is 3. The molecule has 1 amide bonds. The summed E-state index contributed by atoms with van der Waals surface area (Å²) in [6.07, 6.45) is 0.873. The monoisotopic (exact) mass is 236 g/mol. The van der Waals surface area contributed by atoms with Crippen molar-refractivity contribution in [2.75, 3.05) is 5.32 Å². The fourth-order valence-corrected chi connectivity index (χ4v) is 1.43. The van der Waals surface area contributed by atoms with Gasteiger partial charge in [0.2, 0.25) is 5.91 Å². The zero-order valence-electron chi connectivity index (χ0n) is 10.3. The molecule has 0 spiro atoms. The van der Waals surface area contributed by atoms with Gasteiger partial charge in [-0.15, -0.1) is 0 Å². The van der Waals surface area contributed by atoms with Crippen molar-refractivity contribution < 1.29 is 9.90 Å². The van der Waals surface area contributed by atoms with Crippen molar-refractivity contribution in [1.29, 1.82) is 0 Å². The lowest BCUT2D eigenvalue weighted by molar-refractivity contribution is -0.118. The van der Waals surface area contributed by atoms with E-state index in [4.69, 9.17) is 10.8 Å². The van der Waals surface area contributed by atoms with E-state index in [1.54, 1.807) is 24.3 Å². The van der Waals surface area contributed by atoms with E-state index >= 15 is 0 Å². The Morgan fingerprint density at radius 3 is 2.47 bits per heavy atom. The van der Waals surface area contributed by atoms with Gasteiger partial charge in [0.15, 0.2) is 0 Å². The average molecular weight is 236 g/mol. The van der Waals surface area contributed by atoms with Gasteiger partial charge in [-0.25, -0.2) is 0 Å². The maximum absolute atomic E-state index is 11.8. The summed E-state index contributed by atoms with van der Waals surface area (Å²) < 4.78 is 0. The third-order valence-corrected chi connectivity index (χ3v) is 2.96. The molecule has 1 rings (SSSR count). The van der Waals surface area contributed by atoms with Crippen LogP contribution in [0.5, 0.6) is 0 Å². The first-order valence-electron chi connectivity index (χ1n) is 5.84. The quantitative estimate of drug-likeness (QED) is 0.725. The van der Waals surface area contributed by atoms with Crippen LogP contribution in [0, 0.1) is 5.92 Å². The Morgan fingerprint density at radius 2 is 2.00 bits per heavy atom. The summed E-state index contributed by atoms with van der Waals surface area (Å²) in [5.74, 6) is -0.0113. The average Bonchev–Trinajstić information content (AvgIpc) is 2.37. The molecule has 0 heterocycles. The normalized spacial score (nSPS) is 14.1. The summed E-state index contributed by atoms with van der Waals surface area (Å²) in [6, 6.07) is 6.56. The lowest BCUT2D eigenvalue weighted by Crippen LogP contribution is -2.40. The Kier molecular flexibility index (Phi) is 5.12. The molecule has 2 atom stereocenters. The molecule has 1 aromatic rings. The first-order chi connectivity index (χ1) is 8.08. The van der Waals surface area contributed by atoms with Gasteiger partial charge in [0.05, 0.1) is 12.6 Å². The number of hydrogen-bond acceptors (Lipinski definition) is 3. The molecule has 0 saturated heterocycles. The summed E-state index contributed by atoms with van der Waals surface area (Å²) in [7, 11) is 0. The van der Waals surface area contributed by atoms with Crippen molar-refractivity contribution in [3.05, 3.63) is 29.8 Å². The van der Waals surface area contributed by atoms with Crippen LogP contribution in [0.4, 0.5) is 5.69 Å². The highest BCUT2D eigenvalue weighted by Gasteiger charge is 2.19. The van der Waals surface area contributed by atoms with Crippen LogP contribution >= 0.6 is 0 Å². The highest BCUT2D eigenvalue weighted by molar-refractivity contribution is 5.94. The number of anilines is 1. The summed E-state index contributed by atoms with van der Waals surface area (Å²) in [4.78, 5) is 11.8. The van der Waals surface area contributed by atoms with Crippen LogP contribution in [-0.2, 0) is 11.4 Å². The molecule has 0 bridgehead atoms. The molecule has 0 aliphatic heterocycles. The third-order valence-electron chi connectivity index (χ3n) is 2.96. The molecule has 1 aromatic carbocycles. The van der Waals surface area contributed by atoms with E-state index in [-0.39, 0.29) is 18.4 Å². The Bertz CT molecular complexity index is 362. The molecule has 4 heteroatoms. The molecule has 0 aromatic heterocycles. The van der Waals surface area contributed by atoms with Gasteiger partial charge in [0.25, 0.3) is 0 Å². The number of nitrogens with one attached hydrogen (secondary N) is 1. The van der Waals surface area contributed by atoms with Gasteiger partial charge in [-0.2, -0.15) is 0 Å². The fourth-order valence-electron chi connectivity index (χ4n) is 1.43. The number of benzene rings is 1. The highest BCUT2D eigenvalue weighted by Crippen LogP contribution is 2.12. The molecular formula is C13H20N2O2. The topological polar surface area (TPSA) is 75.4 Å². The largest absolute Gasteiger partial charge is 0.392 e. The van der Waals surface area contributed by atoms with Crippen molar-refractivity contribution in [3.8, 4) is 0 Å². The predicted octanol–water partition coefficient (Wildman–Crippen LogP) is 1.49. The summed E-state index contributed by atoms with van der Waals surface area (Å²) in [5.41, 5.74) is 7.34. The molecule has 17 heavy (non-hydrogen) atoms. The van der Waals surface area contributed by atoms with Gasteiger partial charge in [-0.1, -0.05) is 32.4 Å². The zero-order chi connectivity index (χ0) is 12.8. The number of aliphatic hydroxyl groups is 1. The predicted molar refractivity (Wildman–Crippen MR) is 68.4 cm³/mol. The molecule has 0 fully saturated rings. The van der Waals surface area contributed by atoms with Gasteiger partial charge in [0.1, 0.15) is 0 Å². The third kappa shape index (κ3) is 3.84. The second kappa shape index (κ2) is 6.37. The second-order valence-electron chi connectivity index (χ2n) is 4.26. The molecule has 94 valence electrons. The molecule has 0 saturated carbocycles. The lowest BCUT2D eigenvalue weighted by Gasteiger charge is -2.17. The van der Waals surface area contributed by atoms with E-state index in [1.807, 2.05) is 13.8 Å².